The van der Waals surface area contributed by atoms with Crippen LogP contribution < -0.4 is 5.32 Å². The van der Waals surface area contributed by atoms with Crippen LogP contribution in [0.1, 0.15) is 23.7 Å². The molecule has 0 radical (unpaired) electrons. The zero-order valence-corrected chi connectivity index (χ0v) is 14.3. The zero-order valence-electron chi connectivity index (χ0n) is 13.5. The maximum absolute atomic E-state index is 4.74. The minimum atomic E-state index is 0.714. The number of rotatable bonds is 4. The molecular formula is C18H20N4S. The van der Waals surface area contributed by atoms with Crippen molar-refractivity contribution in [2.45, 2.75) is 38.5 Å². The number of nitrogens with zero attached hydrogens (tertiary/aromatic N) is 3. The summed E-state index contributed by atoms with van der Waals surface area (Å²) < 4.78 is 2.23. The summed E-state index contributed by atoms with van der Waals surface area (Å²) >= 11 is 1.83. The number of aryl methyl sites for hydroxylation is 3. The van der Waals surface area contributed by atoms with Gasteiger partial charge in [0, 0.05) is 23.9 Å². The van der Waals surface area contributed by atoms with E-state index in [1.54, 1.807) is 0 Å². The molecule has 1 N–H and O–H groups in total. The van der Waals surface area contributed by atoms with Gasteiger partial charge in [0.2, 0.25) is 0 Å². The normalized spacial score (nSPS) is 13.5. The van der Waals surface area contributed by atoms with Crippen LogP contribution in [0, 0.1) is 6.92 Å². The Bertz CT molecular complexity index is 847. The highest BCUT2D eigenvalue weighted by molar-refractivity contribution is 7.99. The Labute approximate surface area is 140 Å². The SMILES string of the molecule is CCc1ccc2nc(NCc3cn4c(n3)SCC4)cc(C)c2c1. The van der Waals surface area contributed by atoms with Crippen molar-refractivity contribution in [3.63, 3.8) is 0 Å². The van der Waals surface area contributed by atoms with Gasteiger partial charge < -0.3 is 9.88 Å². The van der Waals surface area contributed by atoms with Crippen molar-refractivity contribution in [1.29, 1.82) is 0 Å². The predicted octanol–water partition coefficient (Wildman–Crippen LogP) is 4.02. The van der Waals surface area contributed by atoms with Gasteiger partial charge in [-0.2, -0.15) is 0 Å². The molecule has 0 bridgehead atoms. The van der Waals surface area contributed by atoms with E-state index < -0.39 is 0 Å². The summed E-state index contributed by atoms with van der Waals surface area (Å²) in [4.78, 5) is 9.39. The topological polar surface area (TPSA) is 42.7 Å². The largest absolute Gasteiger partial charge is 0.364 e. The second-order valence-electron chi connectivity index (χ2n) is 5.94. The molecule has 4 rings (SSSR count). The highest BCUT2D eigenvalue weighted by Gasteiger charge is 2.14. The molecule has 0 saturated carbocycles. The van der Waals surface area contributed by atoms with E-state index in [-0.39, 0.29) is 0 Å². The van der Waals surface area contributed by atoms with Gasteiger partial charge in [0.25, 0.3) is 0 Å². The van der Waals surface area contributed by atoms with Crippen molar-refractivity contribution in [2.24, 2.45) is 0 Å². The molecule has 0 unspecified atom stereocenters. The Hall–Kier alpha value is -2.01. The average molecular weight is 324 g/mol. The van der Waals surface area contributed by atoms with Crippen LogP contribution in [0.15, 0.2) is 35.6 Å². The third kappa shape index (κ3) is 2.81. The first-order chi connectivity index (χ1) is 11.2. The highest BCUT2D eigenvalue weighted by Crippen LogP contribution is 2.25. The summed E-state index contributed by atoms with van der Waals surface area (Å²) in [5.74, 6) is 2.06. The van der Waals surface area contributed by atoms with Crippen molar-refractivity contribution >= 4 is 28.5 Å². The van der Waals surface area contributed by atoms with Gasteiger partial charge in [-0.15, -0.1) is 0 Å². The summed E-state index contributed by atoms with van der Waals surface area (Å²) in [7, 11) is 0. The van der Waals surface area contributed by atoms with E-state index in [1.807, 2.05) is 11.8 Å². The van der Waals surface area contributed by atoms with Crippen molar-refractivity contribution in [2.75, 3.05) is 11.1 Å². The van der Waals surface area contributed by atoms with E-state index in [1.165, 1.54) is 16.5 Å². The van der Waals surface area contributed by atoms with Crippen molar-refractivity contribution in [3.05, 3.63) is 47.3 Å². The molecule has 1 aliphatic heterocycles. The third-order valence-electron chi connectivity index (χ3n) is 4.29. The second-order valence-corrected chi connectivity index (χ2v) is 7.00. The Morgan fingerprint density at radius 1 is 1.26 bits per heavy atom. The van der Waals surface area contributed by atoms with Gasteiger partial charge in [-0.3, -0.25) is 0 Å². The lowest BCUT2D eigenvalue weighted by atomic mass is 10.1. The van der Waals surface area contributed by atoms with Crippen LogP contribution in [0.3, 0.4) is 0 Å². The van der Waals surface area contributed by atoms with Gasteiger partial charge in [0.1, 0.15) is 5.82 Å². The molecule has 1 aromatic carbocycles. The molecule has 0 saturated heterocycles. The number of imidazole rings is 1. The third-order valence-corrected chi connectivity index (χ3v) is 5.26. The van der Waals surface area contributed by atoms with Crippen LogP contribution in [0.4, 0.5) is 5.82 Å². The van der Waals surface area contributed by atoms with Crippen molar-refractivity contribution < 1.29 is 0 Å². The predicted molar refractivity (Wildman–Crippen MR) is 96.1 cm³/mol. The van der Waals surface area contributed by atoms with Crippen molar-refractivity contribution in [3.8, 4) is 0 Å². The monoisotopic (exact) mass is 324 g/mol. The lowest BCUT2D eigenvalue weighted by Gasteiger charge is -2.09. The van der Waals surface area contributed by atoms with E-state index in [0.717, 1.165) is 40.9 Å². The average Bonchev–Trinajstić information content (AvgIpc) is 3.14. The number of fused-ring (bicyclic) bond motifs is 2. The second kappa shape index (κ2) is 5.89. The van der Waals surface area contributed by atoms with Gasteiger partial charge in [-0.1, -0.05) is 24.8 Å². The molecule has 0 spiro atoms. The van der Waals surface area contributed by atoms with Gasteiger partial charge in [-0.05, 0) is 42.7 Å². The number of thioether (sulfide) groups is 1. The minimum absolute atomic E-state index is 0.714. The summed E-state index contributed by atoms with van der Waals surface area (Å²) in [6.45, 7) is 6.11. The molecule has 5 heteroatoms. The molecule has 23 heavy (non-hydrogen) atoms. The minimum Gasteiger partial charge on any atom is -0.364 e. The number of anilines is 1. The lowest BCUT2D eigenvalue weighted by Crippen LogP contribution is -2.03. The summed E-state index contributed by atoms with van der Waals surface area (Å²) in [5, 5.41) is 5.79. The Morgan fingerprint density at radius 3 is 3.00 bits per heavy atom. The molecular weight excluding hydrogens is 304 g/mol. The summed E-state index contributed by atoms with van der Waals surface area (Å²) in [5.41, 5.74) is 4.74. The fourth-order valence-corrected chi connectivity index (χ4v) is 3.94. The Morgan fingerprint density at radius 2 is 2.17 bits per heavy atom. The van der Waals surface area contributed by atoms with Crippen LogP contribution in [0.5, 0.6) is 0 Å². The van der Waals surface area contributed by atoms with Gasteiger partial charge >= 0.3 is 0 Å². The van der Waals surface area contributed by atoms with Gasteiger partial charge in [0.05, 0.1) is 17.8 Å². The van der Waals surface area contributed by atoms with Crippen LogP contribution in [0.25, 0.3) is 10.9 Å². The van der Waals surface area contributed by atoms with Gasteiger partial charge in [-0.25, -0.2) is 9.97 Å². The van der Waals surface area contributed by atoms with Crippen LogP contribution in [-0.4, -0.2) is 20.3 Å². The number of aromatic nitrogens is 3. The highest BCUT2D eigenvalue weighted by atomic mass is 32.2. The quantitative estimate of drug-likeness (QED) is 0.787. The molecule has 3 aromatic rings. The fourth-order valence-electron chi connectivity index (χ4n) is 2.98. The van der Waals surface area contributed by atoms with Gasteiger partial charge in [0.15, 0.2) is 5.16 Å². The molecule has 4 nitrogen and oxygen atoms in total. The number of benzene rings is 1. The van der Waals surface area contributed by atoms with Crippen LogP contribution in [-0.2, 0) is 19.5 Å². The lowest BCUT2D eigenvalue weighted by molar-refractivity contribution is 0.719. The number of hydrogen-bond donors (Lipinski definition) is 1. The molecule has 0 aliphatic carbocycles. The number of hydrogen-bond acceptors (Lipinski definition) is 4. The van der Waals surface area contributed by atoms with Crippen LogP contribution in [0.2, 0.25) is 0 Å². The van der Waals surface area contributed by atoms with E-state index in [0.29, 0.717) is 6.54 Å². The molecule has 118 valence electrons. The maximum Gasteiger partial charge on any atom is 0.168 e. The summed E-state index contributed by atoms with van der Waals surface area (Å²) in [6, 6.07) is 8.66. The van der Waals surface area contributed by atoms with Crippen molar-refractivity contribution in [1.82, 2.24) is 14.5 Å². The first-order valence-corrected chi connectivity index (χ1v) is 9.04. The Kier molecular flexibility index (Phi) is 3.73. The number of pyridine rings is 1. The molecule has 0 amide bonds. The standard InChI is InChI=1S/C18H20N4S/c1-3-13-4-5-16-15(9-13)12(2)8-17(21-16)19-10-14-11-22-6-7-23-18(22)20-14/h4-5,8-9,11H,3,6-7,10H2,1-2H3,(H,19,21). The van der Waals surface area contributed by atoms with E-state index in [9.17, 15) is 0 Å². The number of nitrogens with one attached hydrogen (secondary N) is 1. The molecule has 3 heterocycles. The first kappa shape index (κ1) is 14.6. The zero-order chi connectivity index (χ0) is 15.8. The molecule has 1 aliphatic rings. The summed E-state index contributed by atoms with van der Waals surface area (Å²) in [6.07, 6.45) is 3.20. The molecule has 0 fully saturated rings. The van der Waals surface area contributed by atoms with E-state index in [4.69, 9.17) is 4.98 Å². The van der Waals surface area contributed by atoms with Crippen LogP contribution >= 0.6 is 11.8 Å². The van der Waals surface area contributed by atoms with E-state index >= 15 is 0 Å². The fraction of sp³-hybridized carbons (Fsp3) is 0.333. The van der Waals surface area contributed by atoms with E-state index in [2.05, 4.69) is 59.2 Å². The molecule has 0 atom stereocenters. The first-order valence-electron chi connectivity index (χ1n) is 8.06. The Balaban J connectivity index is 1.56. The molecule has 2 aromatic heterocycles. The maximum atomic E-state index is 4.74. The smallest absolute Gasteiger partial charge is 0.168 e.